The Morgan fingerprint density at radius 3 is 2.56 bits per heavy atom. The van der Waals surface area contributed by atoms with Gasteiger partial charge in [-0.25, -0.2) is 8.78 Å². The summed E-state index contributed by atoms with van der Waals surface area (Å²) in [5, 5.41) is 8.20. The zero-order valence-electron chi connectivity index (χ0n) is 17.6. The molecular formula is C24H25F2N5O. The Labute approximate surface area is 185 Å². The molecule has 2 aliphatic heterocycles. The molecule has 0 aliphatic carbocycles. The first-order valence-corrected chi connectivity index (χ1v) is 11.0. The van der Waals surface area contributed by atoms with Crippen molar-refractivity contribution >= 4 is 5.91 Å². The van der Waals surface area contributed by atoms with Crippen LogP contribution in [0.4, 0.5) is 8.78 Å². The zero-order chi connectivity index (χ0) is 22.2. The van der Waals surface area contributed by atoms with Crippen LogP contribution in [0, 0.1) is 11.6 Å². The summed E-state index contributed by atoms with van der Waals surface area (Å²) < 4.78 is 28.9. The number of halogens is 2. The van der Waals surface area contributed by atoms with Crippen molar-refractivity contribution in [1.82, 2.24) is 19.9 Å². The van der Waals surface area contributed by atoms with Gasteiger partial charge in [0.25, 0.3) is 0 Å². The summed E-state index contributed by atoms with van der Waals surface area (Å²) in [5.41, 5.74) is 7.86. The molecule has 5 rings (SSSR count). The first-order valence-electron chi connectivity index (χ1n) is 11.0. The maximum Gasteiger partial charge on any atom is 0.248 e. The number of primary amides is 1. The Balaban J connectivity index is 1.23. The number of nitrogens with two attached hydrogens (primary N) is 1. The number of hydrogen-bond acceptors (Lipinski definition) is 4. The van der Waals surface area contributed by atoms with Gasteiger partial charge in [-0.1, -0.05) is 17.3 Å². The molecule has 2 fully saturated rings. The molecule has 1 aromatic heterocycles. The number of nitrogens with zero attached hydrogens (tertiary/aromatic N) is 4. The minimum absolute atomic E-state index is 0.247. The first kappa shape index (κ1) is 20.8. The number of benzene rings is 2. The third-order valence-corrected chi connectivity index (χ3v) is 6.86. The van der Waals surface area contributed by atoms with Crippen LogP contribution in [-0.2, 0) is 6.54 Å². The number of carbonyl (C=O) groups is 1. The lowest BCUT2D eigenvalue weighted by molar-refractivity contribution is 0.1000. The lowest BCUT2D eigenvalue weighted by atomic mass is 9.84. The maximum atomic E-state index is 14.0. The molecule has 3 aromatic rings. The van der Waals surface area contributed by atoms with Crippen molar-refractivity contribution in [1.29, 1.82) is 0 Å². The molecule has 32 heavy (non-hydrogen) atoms. The molecule has 2 bridgehead atoms. The summed E-state index contributed by atoms with van der Waals surface area (Å²) in [4.78, 5) is 14.1. The number of amides is 1. The van der Waals surface area contributed by atoms with E-state index >= 15 is 0 Å². The Morgan fingerprint density at radius 1 is 1.06 bits per heavy atom. The summed E-state index contributed by atoms with van der Waals surface area (Å²) in [6.45, 7) is 1.50. The van der Waals surface area contributed by atoms with E-state index in [0.717, 1.165) is 25.5 Å². The monoisotopic (exact) mass is 437 g/mol. The number of piperidine rings is 1. The highest BCUT2D eigenvalue weighted by Gasteiger charge is 2.40. The maximum absolute atomic E-state index is 14.0. The second kappa shape index (κ2) is 8.43. The third kappa shape index (κ3) is 4.02. The van der Waals surface area contributed by atoms with Gasteiger partial charge in [0.2, 0.25) is 5.91 Å². The number of carbonyl (C=O) groups excluding carboxylic acids is 1. The van der Waals surface area contributed by atoms with E-state index in [2.05, 4.69) is 21.3 Å². The minimum Gasteiger partial charge on any atom is -0.366 e. The van der Waals surface area contributed by atoms with Crippen molar-refractivity contribution in [3.8, 4) is 11.3 Å². The molecule has 2 atom stereocenters. The highest BCUT2D eigenvalue weighted by molar-refractivity contribution is 5.92. The van der Waals surface area contributed by atoms with Gasteiger partial charge in [-0.2, -0.15) is 0 Å². The first-order chi connectivity index (χ1) is 15.5. The van der Waals surface area contributed by atoms with Crippen molar-refractivity contribution in [2.75, 3.05) is 6.54 Å². The minimum atomic E-state index is -0.641. The lowest BCUT2D eigenvalue weighted by Gasteiger charge is -2.39. The SMILES string of the molecule is NC(=O)c1cccc(C2CC3CCC(C2)N3CCn2cc(-c3ccc(F)cc3F)nn2)c1. The number of aromatic nitrogens is 3. The van der Waals surface area contributed by atoms with Crippen molar-refractivity contribution in [2.45, 2.75) is 50.2 Å². The smallest absolute Gasteiger partial charge is 0.248 e. The average Bonchev–Trinajstić information content (AvgIpc) is 3.33. The fourth-order valence-electron chi connectivity index (χ4n) is 5.30. The van der Waals surface area contributed by atoms with Crippen molar-refractivity contribution in [2.24, 2.45) is 5.73 Å². The zero-order valence-corrected chi connectivity index (χ0v) is 17.6. The van der Waals surface area contributed by atoms with E-state index in [1.807, 2.05) is 12.1 Å². The van der Waals surface area contributed by atoms with Crippen molar-refractivity contribution in [3.05, 3.63) is 71.4 Å². The van der Waals surface area contributed by atoms with Gasteiger partial charge in [0.15, 0.2) is 0 Å². The Hall–Kier alpha value is -3.13. The van der Waals surface area contributed by atoms with Gasteiger partial charge in [0, 0.05) is 35.8 Å². The van der Waals surface area contributed by atoms with Crippen LogP contribution in [0.5, 0.6) is 0 Å². The van der Waals surface area contributed by atoms with Crippen LogP contribution in [0.25, 0.3) is 11.3 Å². The van der Waals surface area contributed by atoms with Crippen LogP contribution in [-0.4, -0.2) is 44.4 Å². The van der Waals surface area contributed by atoms with Gasteiger partial charge < -0.3 is 5.73 Å². The molecule has 2 unspecified atom stereocenters. The van der Waals surface area contributed by atoms with E-state index < -0.39 is 11.6 Å². The average molecular weight is 437 g/mol. The van der Waals surface area contributed by atoms with E-state index in [-0.39, 0.29) is 11.5 Å². The molecule has 166 valence electrons. The summed E-state index contributed by atoms with van der Waals surface area (Å²) in [6, 6.07) is 12.2. The topological polar surface area (TPSA) is 77.0 Å². The standard InChI is InChI=1S/C24H25F2N5O/c25-18-4-7-21(22(26)13-18)23-14-30(29-28-23)8-9-31-19-5-6-20(31)12-17(11-19)15-2-1-3-16(10-15)24(27)32/h1-4,7,10,13-14,17,19-20H,5-6,8-9,11-12H2,(H2,27,32). The summed E-state index contributed by atoms with van der Waals surface area (Å²) >= 11 is 0. The van der Waals surface area contributed by atoms with Gasteiger partial charge in [-0.15, -0.1) is 5.10 Å². The molecule has 8 heteroatoms. The van der Waals surface area contributed by atoms with Gasteiger partial charge in [-0.05, 0) is 61.4 Å². The summed E-state index contributed by atoms with van der Waals surface area (Å²) in [6.07, 6.45) is 6.16. The summed E-state index contributed by atoms with van der Waals surface area (Å²) in [5.74, 6) is -1.21. The van der Waals surface area contributed by atoms with Crippen LogP contribution in [0.1, 0.15) is 47.5 Å². The molecule has 0 saturated carbocycles. The van der Waals surface area contributed by atoms with E-state index in [9.17, 15) is 13.6 Å². The van der Waals surface area contributed by atoms with Crippen LogP contribution in [0.15, 0.2) is 48.7 Å². The molecule has 2 aromatic carbocycles. The highest BCUT2D eigenvalue weighted by Crippen LogP contribution is 2.43. The molecular weight excluding hydrogens is 412 g/mol. The quantitative estimate of drug-likeness (QED) is 0.638. The van der Waals surface area contributed by atoms with Crippen LogP contribution in [0.2, 0.25) is 0 Å². The van der Waals surface area contributed by atoms with Crippen LogP contribution >= 0.6 is 0 Å². The van der Waals surface area contributed by atoms with Crippen LogP contribution < -0.4 is 5.73 Å². The number of fused-ring (bicyclic) bond motifs is 2. The van der Waals surface area contributed by atoms with Crippen LogP contribution in [0.3, 0.4) is 0 Å². The molecule has 2 saturated heterocycles. The molecule has 3 heterocycles. The number of rotatable bonds is 6. The van der Waals surface area contributed by atoms with E-state index in [1.165, 1.54) is 30.5 Å². The largest absolute Gasteiger partial charge is 0.366 e. The molecule has 6 nitrogen and oxygen atoms in total. The van der Waals surface area contributed by atoms with Gasteiger partial charge in [0.1, 0.15) is 17.3 Å². The van der Waals surface area contributed by atoms with Gasteiger partial charge in [-0.3, -0.25) is 14.4 Å². The second-order valence-corrected chi connectivity index (χ2v) is 8.77. The molecule has 1 amide bonds. The predicted molar refractivity (Wildman–Crippen MR) is 116 cm³/mol. The Bertz CT molecular complexity index is 1130. The fraction of sp³-hybridized carbons (Fsp3) is 0.375. The highest BCUT2D eigenvalue weighted by atomic mass is 19.1. The molecule has 2 N–H and O–H groups in total. The summed E-state index contributed by atoms with van der Waals surface area (Å²) in [7, 11) is 0. The van der Waals surface area contributed by atoms with E-state index in [0.29, 0.717) is 35.8 Å². The van der Waals surface area contributed by atoms with Crippen molar-refractivity contribution in [3.63, 3.8) is 0 Å². The second-order valence-electron chi connectivity index (χ2n) is 8.77. The Kier molecular flexibility index (Phi) is 5.46. The number of hydrogen-bond donors (Lipinski definition) is 1. The van der Waals surface area contributed by atoms with Gasteiger partial charge >= 0.3 is 0 Å². The third-order valence-electron chi connectivity index (χ3n) is 6.86. The molecule has 0 spiro atoms. The normalized spacial score (nSPS) is 22.9. The van der Waals surface area contributed by atoms with E-state index in [1.54, 1.807) is 16.9 Å². The molecule has 0 radical (unpaired) electrons. The van der Waals surface area contributed by atoms with Crippen molar-refractivity contribution < 1.29 is 13.6 Å². The predicted octanol–water partition coefficient (Wildman–Crippen LogP) is 3.73. The van der Waals surface area contributed by atoms with E-state index in [4.69, 9.17) is 5.73 Å². The fourth-order valence-corrected chi connectivity index (χ4v) is 5.30. The van der Waals surface area contributed by atoms with Gasteiger partial charge in [0.05, 0.1) is 12.7 Å². The lowest BCUT2D eigenvalue weighted by Crippen LogP contribution is -2.43. The molecule has 2 aliphatic rings. The Morgan fingerprint density at radius 2 is 1.84 bits per heavy atom.